The second kappa shape index (κ2) is 2.63. The molecule has 1 aliphatic heterocycles. The van der Waals surface area contributed by atoms with E-state index in [1.54, 1.807) is 5.57 Å². The van der Waals surface area contributed by atoms with Gasteiger partial charge < -0.3 is 0 Å². The van der Waals surface area contributed by atoms with Crippen molar-refractivity contribution in [2.75, 3.05) is 0 Å². The Morgan fingerprint density at radius 3 is 3.20 bits per heavy atom. The summed E-state index contributed by atoms with van der Waals surface area (Å²) >= 11 is 0.244. The zero-order valence-corrected chi connectivity index (χ0v) is 7.77. The summed E-state index contributed by atoms with van der Waals surface area (Å²) in [7, 11) is 0. The third-order valence-corrected chi connectivity index (χ3v) is 4.02. The summed E-state index contributed by atoms with van der Waals surface area (Å²) < 4.78 is 0. The van der Waals surface area contributed by atoms with E-state index >= 15 is 0 Å². The molecule has 0 fully saturated rings. The average molecular weight is 189 g/mol. The fourth-order valence-electron chi connectivity index (χ4n) is 1.17. The van der Waals surface area contributed by atoms with Crippen LogP contribution in [-0.2, 0) is 0 Å². The van der Waals surface area contributed by atoms with Gasteiger partial charge in [0.1, 0.15) is 0 Å². The molecule has 0 spiro atoms. The topological polar surface area (TPSA) is 0 Å². The van der Waals surface area contributed by atoms with Crippen molar-refractivity contribution in [3.8, 4) is 0 Å². The molecule has 0 atom stereocenters. The van der Waals surface area contributed by atoms with Gasteiger partial charge in [-0.2, -0.15) is 0 Å². The summed E-state index contributed by atoms with van der Waals surface area (Å²) in [5.41, 5.74) is 3.02. The standard InChI is InChI=1S/C9H8Ge/c1-2-4-8-6-10-7-9(8)5-3-1/h1-6H,7H2. The number of fused-ring (bicyclic) bond motifs is 1. The van der Waals surface area contributed by atoms with E-state index < -0.39 is 0 Å². The van der Waals surface area contributed by atoms with Crippen LogP contribution in [0.2, 0.25) is 5.25 Å². The van der Waals surface area contributed by atoms with Gasteiger partial charge >= 0.3 is 67.1 Å². The number of allylic oxidation sites excluding steroid dienone is 7. The minimum atomic E-state index is 0.244. The van der Waals surface area contributed by atoms with Crippen molar-refractivity contribution in [3.63, 3.8) is 0 Å². The van der Waals surface area contributed by atoms with Gasteiger partial charge in [0.15, 0.2) is 0 Å². The molecule has 48 valence electrons. The van der Waals surface area contributed by atoms with E-state index in [0.29, 0.717) is 0 Å². The summed E-state index contributed by atoms with van der Waals surface area (Å²) in [6.07, 6.45) is 10.8. The van der Waals surface area contributed by atoms with Crippen LogP contribution in [0.3, 0.4) is 0 Å². The van der Waals surface area contributed by atoms with Gasteiger partial charge in [0.2, 0.25) is 0 Å². The van der Waals surface area contributed by atoms with Crippen molar-refractivity contribution >= 4 is 15.4 Å². The molecular formula is C9H8Ge. The van der Waals surface area contributed by atoms with Gasteiger partial charge in [-0.1, -0.05) is 0 Å². The van der Waals surface area contributed by atoms with Gasteiger partial charge in [-0.05, 0) is 0 Å². The minimum absolute atomic E-state index is 0.244. The molecule has 0 saturated carbocycles. The van der Waals surface area contributed by atoms with Crippen LogP contribution in [0.15, 0.2) is 46.4 Å². The van der Waals surface area contributed by atoms with Gasteiger partial charge in [0.05, 0.1) is 0 Å². The van der Waals surface area contributed by atoms with Gasteiger partial charge in [0, 0.05) is 0 Å². The molecule has 1 heteroatoms. The molecule has 0 unspecified atom stereocenters. The van der Waals surface area contributed by atoms with Crippen molar-refractivity contribution in [1.82, 2.24) is 0 Å². The molecule has 2 rings (SSSR count). The van der Waals surface area contributed by atoms with E-state index in [-0.39, 0.29) is 15.4 Å². The molecule has 0 N–H and O–H groups in total. The van der Waals surface area contributed by atoms with Crippen molar-refractivity contribution in [2.45, 2.75) is 5.25 Å². The summed E-state index contributed by atoms with van der Waals surface area (Å²) in [5, 5.41) is 1.35. The Labute approximate surface area is 67.5 Å². The normalized spacial score (nSPS) is 21.6. The fourth-order valence-corrected chi connectivity index (χ4v) is 3.57. The van der Waals surface area contributed by atoms with Crippen molar-refractivity contribution in [3.05, 3.63) is 46.4 Å². The monoisotopic (exact) mass is 190 g/mol. The van der Waals surface area contributed by atoms with E-state index in [1.807, 2.05) is 0 Å². The van der Waals surface area contributed by atoms with E-state index in [0.717, 1.165) is 0 Å². The van der Waals surface area contributed by atoms with Crippen LogP contribution >= 0.6 is 0 Å². The van der Waals surface area contributed by atoms with Crippen LogP contribution in [0.25, 0.3) is 0 Å². The first-order valence-corrected chi connectivity index (χ1v) is 6.14. The number of hydrogen-bond acceptors (Lipinski definition) is 0. The quantitative estimate of drug-likeness (QED) is 0.511. The maximum atomic E-state index is 2.43. The Hall–Kier alpha value is -0.497. The molecule has 10 heavy (non-hydrogen) atoms. The van der Waals surface area contributed by atoms with E-state index in [2.05, 4.69) is 35.3 Å². The third-order valence-electron chi connectivity index (χ3n) is 1.72. The molecule has 0 amide bonds. The molecule has 0 aromatic heterocycles. The Kier molecular flexibility index (Phi) is 1.64. The van der Waals surface area contributed by atoms with Gasteiger partial charge in [-0.3, -0.25) is 0 Å². The zero-order chi connectivity index (χ0) is 6.81. The molecule has 1 heterocycles. The van der Waals surface area contributed by atoms with Crippen molar-refractivity contribution < 1.29 is 0 Å². The van der Waals surface area contributed by atoms with Gasteiger partial charge in [-0.15, -0.1) is 0 Å². The van der Waals surface area contributed by atoms with Gasteiger partial charge in [-0.25, -0.2) is 0 Å². The number of rotatable bonds is 0. The second-order valence-electron chi connectivity index (χ2n) is 2.42. The maximum absolute atomic E-state index is 2.43. The Bertz CT molecular complexity index is 254. The second-order valence-corrected chi connectivity index (χ2v) is 4.62. The summed E-state index contributed by atoms with van der Waals surface area (Å²) in [5.74, 6) is 0. The molecule has 0 aromatic carbocycles. The first kappa shape index (κ1) is 6.23. The van der Waals surface area contributed by atoms with Crippen LogP contribution < -0.4 is 0 Å². The third kappa shape index (κ3) is 1.04. The fraction of sp³-hybridized carbons (Fsp3) is 0.111. The summed E-state index contributed by atoms with van der Waals surface area (Å²) in [6, 6.07) is 0. The van der Waals surface area contributed by atoms with E-state index in [9.17, 15) is 0 Å². The first-order chi connectivity index (χ1) is 4.97. The van der Waals surface area contributed by atoms with E-state index in [1.165, 1.54) is 10.8 Å². The summed E-state index contributed by atoms with van der Waals surface area (Å²) in [4.78, 5) is 2.43. The Balaban J connectivity index is 2.42. The van der Waals surface area contributed by atoms with E-state index in [4.69, 9.17) is 0 Å². The number of hydrogen-bond donors (Lipinski definition) is 0. The molecule has 0 saturated heterocycles. The Morgan fingerprint density at radius 1 is 1.20 bits per heavy atom. The molecule has 1 aliphatic carbocycles. The predicted octanol–water partition coefficient (Wildman–Crippen LogP) is 2.06. The van der Waals surface area contributed by atoms with Crippen LogP contribution in [0.1, 0.15) is 0 Å². The molecular weight excluding hydrogens is 181 g/mol. The van der Waals surface area contributed by atoms with Crippen molar-refractivity contribution in [1.29, 1.82) is 0 Å². The van der Waals surface area contributed by atoms with Crippen LogP contribution in [0.5, 0.6) is 0 Å². The summed E-state index contributed by atoms with van der Waals surface area (Å²) in [6.45, 7) is 0. The first-order valence-electron chi connectivity index (χ1n) is 3.45. The zero-order valence-electron chi connectivity index (χ0n) is 5.67. The Morgan fingerprint density at radius 2 is 2.20 bits per heavy atom. The molecule has 2 aliphatic rings. The van der Waals surface area contributed by atoms with Crippen LogP contribution in [0.4, 0.5) is 0 Å². The SMILES string of the molecule is C1=CC=C2[CH2][Ge][CH]=C2C=C1. The molecule has 0 nitrogen and oxygen atoms in total. The van der Waals surface area contributed by atoms with Gasteiger partial charge in [0.25, 0.3) is 0 Å². The average Bonchev–Trinajstić information content (AvgIpc) is 2.28. The predicted molar refractivity (Wildman–Crippen MR) is 45.0 cm³/mol. The molecule has 2 radical (unpaired) electrons. The molecule has 0 bridgehead atoms. The van der Waals surface area contributed by atoms with Crippen LogP contribution in [0, 0.1) is 0 Å². The van der Waals surface area contributed by atoms with Crippen LogP contribution in [-0.4, -0.2) is 15.4 Å². The van der Waals surface area contributed by atoms with Crippen molar-refractivity contribution in [2.24, 2.45) is 0 Å². The molecule has 0 aromatic rings.